The van der Waals surface area contributed by atoms with Gasteiger partial charge in [-0.05, 0) is 61.7 Å². The second-order valence-electron chi connectivity index (χ2n) is 8.09. The molecular weight excluding hydrogens is 324 g/mol. The maximum atomic E-state index is 13.3. The van der Waals surface area contributed by atoms with Crippen LogP contribution in [0.2, 0.25) is 0 Å². The van der Waals surface area contributed by atoms with E-state index < -0.39 is 5.54 Å². The Labute approximate surface area is 156 Å². The third kappa shape index (κ3) is 2.82. The van der Waals surface area contributed by atoms with Gasteiger partial charge in [-0.2, -0.15) is 0 Å². The minimum Gasteiger partial charge on any atom is -0.369 e. The molecule has 2 heterocycles. The van der Waals surface area contributed by atoms with E-state index in [1.54, 1.807) is 7.05 Å². The first kappa shape index (κ1) is 17.5. The summed E-state index contributed by atoms with van der Waals surface area (Å²) in [5.74, 6) is 1.19. The number of benzene rings is 1. The first-order valence-corrected chi connectivity index (χ1v) is 10.1. The lowest BCUT2D eigenvalue weighted by Crippen LogP contribution is -2.48. The van der Waals surface area contributed by atoms with E-state index in [4.69, 9.17) is 10.7 Å². The van der Waals surface area contributed by atoms with Crippen LogP contribution in [0.3, 0.4) is 0 Å². The molecule has 1 atom stereocenters. The summed E-state index contributed by atoms with van der Waals surface area (Å²) in [5.41, 5.74) is 7.67. The Bertz CT molecular complexity index is 704. The van der Waals surface area contributed by atoms with Gasteiger partial charge >= 0.3 is 0 Å². The van der Waals surface area contributed by atoms with Crippen molar-refractivity contribution in [2.24, 2.45) is 16.6 Å². The quantitative estimate of drug-likeness (QED) is 0.877. The Morgan fingerprint density at radius 2 is 1.88 bits per heavy atom. The van der Waals surface area contributed by atoms with Gasteiger partial charge in [-0.1, -0.05) is 43.5 Å². The lowest BCUT2D eigenvalue weighted by atomic mass is 9.72. The fourth-order valence-corrected chi connectivity index (χ4v) is 5.06. The van der Waals surface area contributed by atoms with E-state index in [9.17, 15) is 4.79 Å². The number of piperidine rings is 1. The third-order valence-corrected chi connectivity index (χ3v) is 6.60. The van der Waals surface area contributed by atoms with Crippen LogP contribution < -0.4 is 11.1 Å². The van der Waals surface area contributed by atoms with Crippen molar-refractivity contribution in [1.29, 1.82) is 0 Å². The fourth-order valence-electron chi connectivity index (χ4n) is 5.06. The van der Waals surface area contributed by atoms with Crippen molar-refractivity contribution in [1.82, 2.24) is 10.2 Å². The van der Waals surface area contributed by atoms with Gasteiger partial charge < -0.3 is 11.1 Å². The number of carbonyl (C=O) groups excluding carboxylic acids is 1. The molecule has 3 N–H and O–H groups in total. The Kier molecular flexibility index (Phi) is 4.74. The van der Waals surface area contributed by atoms with Gasteiger partial charge in [-0.3, -0.25) is 9.69 Å². The van der Waals surface area contributed by atoms with Gasteiger partial charge in [0.1, 0.15) is 0 Å². The molecule has 5 heteroatoms. The van der Waals surface area contributed by atoms with E-state index in [-0.39, 0.29) is 11.8 Å². The average molecular weight is 354 g/mol. The molecule has 1 aromatic rings. The Hall–Kier alpha value is -1.88. The average Bonchev–Trinajstić information content (AvgIpc) is 2.94. The number of aliphatic imine (C=N–C) groups is 1. The monoisotopic (exact) mass is 354 g/mol. The van der Waals surface area contributed by atoms with Crippen LogP contribution in [0.25, 0.3) is 0 Å². The summed E-state index contributed by atoms with van der Waals surface area (Å²) in [6.07, 6.45) is 8.36. The summed E-state index contributed by atoms with van der Waals surface area (Å²) in [5, 5.41) is 3.40. The summed E-state index contributed by atoms with van der Waals surface area (Å²) in [6, 6.07) is 8.68. The minimum atomic E-state index is -0.842. The molecule has 5 nitrogen and oxygen atoms in total. The molecule has 4 rings (SSSR count). The summed E-state index contributed by atoms with van der Waals surface area (Å²) in [4.78, 5) is 19.7. The number of rotatable bonds is 3. The number of nitrogens with two attached hydrogens (primary N) is 1. The maximum absolute atomic E-state index is 13.3. The van der Waals surface area contributed by atoms with Crippen molar-refractivity contribution in [2.75, 3.05) is 20.1 Å². The SMILES string of the molecule is CN1C(=O)C(c2cccc(C3CCCCC3)c2)(C2CCNCC2)N=C1N. The second-order valence-corrected chi connectivity index (χ2v) is 8.09. The van der Waals surface area contributed by atoms with Gasteiger partial charge in [0.25, 0.3) is 5.91 Å². The number of nitrogens with one attached hydrogen (secondary N) is 1. The van der Waals surface area contributed by atoms with Crippen molar-refractivity contribution in [3.8, 4) is 0 Å². The molecule has 1 amide bonds. The third-order valence-electron chi connectivity index (χ3n) is 6.60. The molecule has 26 heavy (non-hydrogen) atoms. The first-order valence-electron chi connectivity index (χ1n) is 10.1. The molecule has 0 bridgehead atoms. The van der Waals surface area contributed by atoms with Crippen molar-refractivity contribution < 1.29 is 4.79 Å². The number of hydrogen-bond acceptors (Lipinski definition) is 4. The van der Waals surface area contributed by atoms with E-state index in [2.05, 4.69) is 29.6 Å². The highest BCUT2D eigenvalue weighted by atomic mass is 16.2. The van der Waals surface area contributed by atoms with Crippen molar-refractivity contribution >= 4 is 11.9 Å². The lowest BCUT2D eigenvalue weighted by Gasteiger charge is -2.37. The molecule has 1 saturated heterocycles. The number of nitrogens with zero attached hydrogens (tertiary/aromatic N) is 2. The zero-order chi connectivity index (χ0) is 18.1. The van der Waals surface area contributed by atoms with Crippen LogP contribution >= 0.6 is 0 Å². The lowest BCUT2D eigenvalue weighted by molar-refractivity contribution is -0.133. The molecule has 1 saturated carbocycles. The molecule has 1 unspecified atom stereocenters. The molecule has 0 spiro atoms. The standard InChI is InChI=1S/C21H30N4O/c1-25-19(26)21(24-20(25)22,17-10-12-23-13-11-17)18-9-5-8-16(14-18)15-6-3-2-4-7-15/h5,8-9,14-15,17,23H,2-4,6-7,10-13H2,1H3,(H2,22,24). The molecule has 1 aliphatic carbocycles. The van der Waals surface area contributed by atoms with Crippen LogP contribution in [0.5, 0.6) is 0 Å². The smallest absolute Gasteiger partial charge is 0.261 e. The van der Waals surface area contributed by atoms with Crippen molar-refractivity contribution in [2.45, 2.75) is 56.4 Å². The molecule has 2 aliphatic heterocycles. The van der Waals surface area contributed by atoms with Gasteiger partial charge in [0, 0.05) is 7.05 Å². The Morgan fingerprint density at radius 1 is 1.15 bits per heavy atom. The van der Waals surface area contributed by atoms with Gasteiger partial charge in [-0.15, -0.1) is 0 Å². The largest absolute Gasteiger partial charge is 0.369 e. The maximum Gasteiger partial charge on any atom is 0.261 e. The van der Waals surface area contributed by atoms with Crippen LogP contribution in [-0.4, -0.2) is 36.9 Å². The molecule has 3 aliphatic rings. The van der Waals surface area contributed by atoms with Crippen molar-refractivity contribution in [3.63, 3.8) is 0 Å². The molecule has 0 radical (unpaired) electrons. The van der Waals surface area contributed by atoms with Crippen LogP contribution in [0.4, 0.5) is 0 Å². The topological polar surface area (TPSA) is 70.7 Å². The Balaban J connectivity index is 1.76. The second kappa shape index (κ2) is 7.03. The number of likely N-dealkylation sites (N-methyl/N-ethyl adjacent to an activating group) is 1. The number of amides is 1. The predicted octanol–water partition coefficient (Wildman–Crippen LogP) is 2.72. The predicted molar refractivity (Wildman–Crippen MR) is 104 cm³/mol. The number of guanidine groups is 1. The van der Waals surface area contributed by atoms with Gasteiger partial charge in [0.15, 0.2) is 11.5 Å². The van der Waals surface area contributed by atoms with Gasteiger partial charge in [0.2, 0.25) is 0 Å². The van der Waals surface area contributed by atoms with E-state index in [0.717, 1.165) is 31.5 Å². The number of hydrogen-bond donors (Lipinski definition) is 2. The highest BCUT2D eigenvalue weighted by Gasteiger charge is 2.53. The first-order chi connectivity index (χ1) is 12.6. The zero-order valence-corrected chi connectivity index (χ0v) is 15.7. The molecule has 1 aromatic carbocycles. The van der Waals surface area contributed by atoms with Crippen LogP contribution in [-0.2, 0) is 10.3 Å². The minimum absolute atomic E-state index is 0.0303. The highest BCUT2D eigenvalue weighted by Crippen LogP contribution is 2.44. The normalized spacial score (nSPS) is 28.4. The van der Waals surface area contributed by atoms with Crippen LogP contribution in [0, 0.1) is 5.92 Å². The molecular formula is C21H30N4O. The fraction of sp³-hybridized carbons (Fsp3) is 0.619. The van der Waals surface area contributed by atoms with E-state index in [0.29, 0.717) is 11.9 Å². The van der Waals surface area contributed by atoms with E-state index >= 15 is 0 Å². The van der Waals surface area contributed by atoms with E-state index in [1.165, 1.54) is 42.6 Å². The van der Waals surface area contributed by atoms with Crippen molar-refractivity contribution in [3.05, 3.63) is 35.4 Å². The zero-order valence-electron chi connectivity index (χ0n) is 15.7. The van der Waals surface area contributed by atoms with E-state index in [1.807, 2.05) is 0 Å². The summed E-state index contributed by atoms with van der Waals surface area (Å²) >= 11 is 0. The molecule has 2 fully saturated rings. The highest BCUT2D eigenvalue weighted by molar-refractivity contribution is 6.07. The van der Waals surface area contributed by atoms with Crippen LogP contribution in [0.15, 0.2) is 29.3 Å². The summed E-state index contributed by atoms with van der Waals surface area (Å²) in [6.45, 7) is 1.86. The summed E-state index contributed by atoms with van der Waals surface area (Å²) in [7, 11) is 1.75. The van der Waals surface area contributed by atoms with Gasteiger partial charge in [0.05, 0.1) is 0 Å². The number of carbonyl (C=O) groups is 1. The Morgan fingerprint density at radius 3 is 2.54 bits per heavy atom. The van der Waals surface area contributed by atoms with Gasteiger partial charge in [-0.25, -0.2) is 4.99 Å². The molecule has 0 aromatic heterocycles. The molecule has 140 valence electrons. The summed E-state index contributed by atoms with van der Waals surface area (Å²) < 4.78 is 0. The van der Waals surface area contributed by atoms with Crippen LogP contribution in [0.1, 0.15) is 62.0 Å².